The molecule has 0 spiro atoms. The molecule has 0 aliphatic carbocycles. The maximum absolute atomic E-state index is 6.29. The molecule has 0 radical (unpaired) electrons. The SMILES string of the molecule is CCCNC(Cc1cc(Cl)cc2c1OCC2)C(C)(C)CC. The number of ether oxygens (including phenoxy) is 1. The Morgan fingerprint density at radius 1 is 1.33 bits per heavy atom. The van der Waals surface area contributed by atoms with Gasteiger partial charge in [0.2, 0.25) is 0 Å². The van der Waals surface area contributed by atoms with Gasteiger partial charge in [0.05, 0.1) is 6.61 Å². The average molecular weight is 310 g/mol. The van der Waals surface area contributed by atoms with E-state index in [4.69, 9.17) is 16.3 Å². The van der Waals surface area contributed by atoms with Crippen molar-refractivity contribution in [3.8, 4) is 5.75 Å². The lowest BCUT2D eigenvalue weighted by Crippen LogP contribution is -2.43. The van der Waals surface area contributed by atoms with Gasteiger partial charge in [-0.1, -0.05) is 39.3 Å². The van der Waals surface area contributed by atoms with Crippen LogP contribution in [0.1, 0.15) is 51.7 Å². The van der Waals surface area contributed by atoms with E-state index >= 15 is 0 Å². The first kappa shape index (κ1) is 16.6. The fourth-order valence-electron chi connectivity index (χ4n) is 2.91. The lowest BCUT2D eigenvalue weighted by Gasteiger charge is -2.35. The molecule has 118 valence electrons. The highest BCUT2D eigenvalue weighted by Crippen LogP contribution is 2.36. The lowest BCUT2D eigenvalue weighted by molar-refractivity contribution is 0.228. The van der Waals surface area contributed by atoms with E-state index in [2.05, 4.69) is 39.1 Å². The molecule has 1 aromatic carbocycles. The van der Waals surface area contributed by atoms with Crippen molar-refractivity contribution in [3.05, 3.63) is 28.3 Å². The topological polar surface area (TPSA) is 21.3 Å². The molecule has 1 heterocycles. The fourth-order valence-corrected chi connectivity index (χ4v) is 3.17. The van der Waals surface area contributed by atoms with Crippen molar-refractivity contribution in [1.82, 2.24) is 5.32 Å². The summed E-state index contributed by atoms with van der Waals surface area (Å²) in [4.78, 5) is 0. The maximum atomic E-state index is 6.29. The van der Waals surface area contributed by atoms with Crippen LogP contribution in [0, 0.1) is 5.41 Å². The standard InChI is InChI=1S/C18H28ClNO/c1-5-8-20-16(18(3,4)6-2)12-14-11-15(19)10-13-7-9-21-17(13)14/h10-11,16,20H,5-9,12H2,1-4H3. The highest BCUT2D eigenvalue weighted by Gasteiger charge is 2.29. The van der Waals surface area contributed by atoms with Gasteiger partial charge in [-0.05, 0) is 54.5 Å². The van der Waals surface area contributed by atoms with E-state index < -0.39 is 0 Å². The normalized spacial score (nSPS) is 15.7. The summed E-state index contributed by atoms with van der Waals surface area (Å²) in [7, 11) is 0. The minimum absolute atomic E-state index is 0.253. The van der Waals surface area contributed by atoms with Crippen LogP contribution in [0.5, 0.6) is 5.75 Å². The zero-order valence-corrected chi connectivity index (χ0v) is 14.5. The molecular formula is C18H28ClNO. The zero-order valence-electron chi connectivity index (χ0n) is 13.8. The minimum atomic E-state index is 0.253. The van der Waals surface area contributed by atoms with Crippen molar-refractivity contribution in [2.24, 2.45) is 5.41 Å². The highest BCUT2D eigenvalue weighted by atomic mass is 35.5. The number of halogens is 1. The predicted molar refractivity (Wildman–Crippen MR) is 90.5 cm³/mol. The van der Waals surface area contributed by atoms with Gasteiger partial charge in [0.25, 0.3) is 0 Å². The van der Waals surface area contributed by atoms with Gasteiger partial charge >= 0.3 is 0 Å². The second kappa shape index (κ2) is 7.02. The van der Waals surface area contributed by atoms with Gasteiger partial charge in [0.1, 0.15) is 5.75 Å². The van der Waals surface area contributed by atoms with Crippen LogP contribution < -0.4 is 10.1 Å². The maximum Gasteiger partial charge on any atom is 0.125 e. The van der Waals surface area contributed by atoms with Gasteiger partial charge < -0.3 is 10.1 Å². The van der Waals surface area contributed by atoms with Crippen molar-refractivity contribution >= 4 is 11.6 Å². The summed E-state index contributed by atoms with van der Waals surface area (Å²) in [6.45, 7) is 11.0. The van der Waals surface area contributed by atoms with E-state index in [9.17, 15) is 0 Å². The molecule has 1 unspecified atom stereocenters. The van der Waals surface area contributed by atoms with Gasteiger partial charge in [0.15, 0.2) is 0 Å². The Hall–Kier alpha value is -0.730. The third-order valence-corrected chi connectivity index (χ3v) is 4.96. The molecule has 1 atom stereocenters. The Kier molecular flexibility index (Phi) is 5.56. The smallest absolute Gasteiger partial charge is 0.125 e. The largest absolute Gasteiger partial charge is 0.493 e. The van der Waals surface area contributed by atoms with Crippen LogP contribution in [-0.4, -0.2) is 19.2 Å². The van der Waals surface area contributed by atoms with Gasteiger partial charge in [-0.2, -0.15) is 0 Å². The van der Waals surface area contributed by atoms with Crippen molar-refractivity contribution in [2.75, 3.05) is 13.2 Å². The van der Waals surface area contributed by atoms with Crippen LogP contribution in [0.3, 0.4) is 0 Å². The second-order valence-electron chi connectivity index (χ2n) is 6.70. The molecule has 1 aliphatic heterocycles. The lowest BCUT2D eigenvalue weighted by atomic mass is 9.78. The monoisotopic (exact) mass is 309 g/mol. The number of nitrogens with one attached hydrogen (secondary N) is 1. The van der Waals surface area contributed by atoms with Crippen molar-refractivity contribution in [2.45, 2.75) is 59.4 Å². The molecule has 3 heteroatoms. The molecule has 0 saturated heterocycles. The number of benzene rings is 1. The summed E-state index contributed by atoms with van der Waals surface area (Å²) in [5.41, 5.74) is 2.77. The van der Waals surface area contributed by atoms with E-state index in [1.165, 1.54) is 11.1 Å². The van der Waals surface area contributed by atoms with Crippen molar-refractivity contribution in [3.63, 3.8) is 0 Å². The molecule has 0 aromatic heterocycles. The number of fused-ring (bicyclic) bond motifs is 1. The van der Waals surface area contributed by atoms with E-state index in [1.54, 1.807) is 0 Å². The molecule has 2 rings (SSSR count). The Balaban J connectivity index is 2.24. The van der Waals surface area contributed by atoms with E-state index in [0.717, 1.165) is 49.6 Å². The molecule has 1 N–H and O–H groups in total. The first-order valence-corrected chi connectivity index (χ1v) is 8.53. The second-order valence-corrected chi connectivity index (χ2v) is 7.14. The summed E-state index contributed by atoms with van der Waals surface area (Å²) < 4.78 is 5.85. The van der Waals surface area contributed by atoms with Crippen LogP contribution in [0.25, 0.3) is 0 Å². The molecule has 0 bridgehead atoms. The van der Waals surface area contributed by atoms with Gasteiger partial charge in [-0.25, -0.2) is 0 Å². The first-order valence-electron chi connectivity index (χ1n) is 8.15. The van der Waals surface area contributed by atoms with Crippen molar-refractivity contribution < 1.29 is 4.74 Å². The predicted octanol–water partition coefficient (Wildman–Crippen LogP) is 4.62. The molecule has 1 aliphatic rings. The van der Waals surface area contributed by atoms with Crippen LogP contribution in [-0.2, 0) is 12.8 Å². The van der Waals surface area contributed by atoms with Gasteiger partial charge in [-0.3, -0.25) is 0 Å². The van der Waals surface area contributed by atoms with Crippen molar-refractivity contribution in [1.29, 1.82) is 0 Å². The van der Waals surface area contributed by atoms with Crippen LogP contribution >= 0.6 is 11.6 Å². The molecule has 0 fully saturated rings. The number of hydrogen-bond acceptors (Lipinski definition) is 2. The third kappa shape index (κ3) is 3.92. The molecule has 2 nitrogen and oxygen atoms in total. The highest BCUT2D eigenvalue weighted by molar-refractivity contribution is 6.30. The molecule has 0 saturated carbocycles. The summed E-state index contributed by atoms with van der Waals surface area (Å²) in [6, 6.07) is 4.57. The van der Waals surface area contributed by atoms with E-state index in [1.807, 2.05) is 6.07 Å². The quantitative estimate of drug-likeness (QED) is 0.793. The summed E-state index contributed by atoms with van der Waals surface area (Å²) in [6.07, 6.45) is 4.26. The summed E-state index contributed by atoms with van der Waals surface area (Å²) >= 11 is 6.29. The van der Waals surface area contributed by atoms with E-state index in [0.29, 0.717) is 6.04 Å². The van der Waals surface area contributed by atoms with Crippen LogP contribution in [0.2, 0.25) is 5.02 Å². The summed E-state index contributed by atoms with van der Waals surface area (Å²) in [5.74, 6) is 1.08. The Labute approximate surface area is 134 Å². The molecular weight excluding hydrogens is 282 g/mol. The Morgan fingerprint density at radius 3 is 2.76 bits per heavy atom. The van der Waals surface area contributed by atoms with E-state index in [-0.39, 0.29) is 5.41 Å². The molecule has 1 aromatic rings. The number of hydrogen-bond donors (Lipinski definition) is 1. The zero-order chi connectivity index (χ0) is 15.5. The van der Waals surface area contributed by atoms with Gasteiger partial charge in [0, 0.05) is 17.5 Å². The van der Waals surface area contributed by atoms with Gasteiger partial charge in [-0.15, -0.1) is 0 Å². The van der Waals surface area contributed by atoms with Crippen LogP contribution in [0.15, 0.2) is 12.1 Å². The first-order chi connectivity index (χ1) is 9.97. The minimum Gasteiger partial charge on any atom is -0.493 e. The average Bonchev–Trinajstić information content (AvgIpc) is 2.91. The Morgan fingerprint density at radius 2 is 2.10 bits per heavy atom. The summed E-state index contributed by atoms with van der Waals surface area (Å²) in [5, 5.41) is 4.55. The Bertz CT molecular complexity index is 484. The molecule has 0 amide bonds. The third-order valence-electron chi connectivity index (χ3n) is 4.74. The number of rotatable bonds is 7. The van der Waals surface area contributed by atoms with Crippen LogP contribution in [0.4, 0.5) is 0 Å². The molecule has 21 heavy (non-hydrogen) atoms. The fraction of sp³-hybridized carbons (Fsp3) is 0.667.